The van der Waals surface area contributed by atoms with Crippen molar-refractivity contribution in [2.45, 2.75) is 44.3 Å². The minimum atomic E-state index is -4.71. The molecule has 1 N–H and O–H groups in total. The predicted octanol–water partition coefficient (Wildman–Crippen LogP) is 3.96. The highest BCUT2D eigenvalue weighted by Gasteiger charge is 2.38. The van der Waals surface area contributed by atoms with Crippen LogP contribution in [0.15, 0.2) is 28.8 Å². The van der Waals surface area contributed by atoms with E-state index in [1.165, 1.54) is 24.3 Å². The first-order chi connectivity index (χ1) is 12.9. The Hall–Kier alpha value is -2.89. The summed E-state index contributed by atoms with van der Waals surface area (Å²) in [6.45, 7) is 0. The Labute approximate surface area is 153 Å². The highest BCUT2D eigenvalue weighted by molar-refractivity contribution is 5.95. The molecule has 142 valence electrons. The Balaban J connectivity index is 1.68. The van der Waals surface area contributed by atoms with Crippen molar-refractivity contribution in [3.05, 3.63) is 35.7 Å². The Morgan fingerprint density at radius 3 is 2.44 bits per heavy atom. The van der Waals surface area contributed by atoms with E-state index in [1.54, 1.807) is 0 Å². The quantitative estimate of drug-likeness (QED) is 0.869. The molecule has 1 aromatic carbocycles. The summed E-state index contributed by atoms with van der Waals surface area (Å²) in [6, 6.07) is 7.36. The van der Waals surface area contributed by atoms with Crippen LogP contribution in [0.3, 0.4) is 0 Å². The normalized spacial score (nSPS) is 16.5. The molecule has 3 rings (SSSR count). The molecule has 2 aromatic rings. The minimum Gasteiger partial charge on any atom is -0.336 e. The maximum Gasteiger partial charge on any atom is 0.471 e. The molecule has 1 atom stereocenters. The predicted molar refractivity (Wildman–Crippen MR) is 88.2 cm³/mol. The highest BCUT2D eigenvalue weighted by atomic mass is 19.4. The molecule has 1 aromatic heterocycles. The van der Waals surface area contributed by atoms with E-state index in [1.807, 2.05) is 0 Å². The first-order valence-corrected chi connectivity index (χ1v) is 8.60. The van der Waals surface area contributed by atoms with Crippen LogP contribution < -0.4 is 5.32 Å². The number of hydrogen-bond acceptors (Lipinski definition) is 5. The first kappa shape index (κ1) is 18.9. The van der Waals surface area contributed by atoms with E-state index < -0.39 is 24.0 Å². The third-order valence-electron chi connectivity index (χ3n) is 4.62. The molecule has 0 spiro atoms. The Morgan fingerprint density at radius 1 is 1.22 bits per heavy atom. The van der Waals surface area contributed by atoms with Crippen molar-refractivity contribution < 1.29 is 22.5 Å². The van der Waals surface area contributed by atoms with Gasteiger partial charge in [0.15, 0.2) is 0 Å². The van der Waals surface area contributed by atoms with Crippen LogP contribution in [-0.2, 0) is 6.18 Å². The molecule has 1 amide bonds. The summed E-state index contributed by atoms with van der Waals surface area (Å²) in [7, 11) is 0. The molecular weight excluding hydrogens is 361 g/mol. The fourth-order valence-corrected chi connectivity index (χ4v) is 3.17. The molecule has 1 fully saturated rings. The molecule has 1 heterocycles. The zero-order valence-electron chi connectivity index (χ0n) is 14.3. The van der Waals surface area contributed by atoms with Gasteiger partial charge in [-0.15, -0.1) is 0 Å². The number of halogens is 3. The van der Waals surface area contributed by atoms with E-state index in [9.17, 15) is 23.2 Å². The summed E-state index contributed by atoms with van der Waals surface area (Å²) in [5, 5.41) is 15.4. The van der Waals surface area contributed by atoms with Crippen molar-refractivity contribution in [1.82, 2.24) is 15.5 Å². The molecule has 0 saturated heterocycles. The second-order valence-corrected chi connectivity index (χ2v) is 6.48. The number of nitriles is 1. The van der Waals surface area contributed by atoms with Gasteiger partial charge in [0, 0.05) is 11.1 Å². The van der Waals surface area contributed by atoms with Gasteiger partial charge in [-0.1, -0.05) is 36.6 Å². The molecular formula is C18H17F3N4O2. The highest BCUT2D eigenvalue weighted by Crippen LogP contribution is 2.29. The molecule has 0 bridgehead atoms. The second kappa shape index (κ2) is 7.78. The van der Waals surface area contributed by atoms with Crippen LogP contribution >= 0.6 is 0 Å². The second-order valence-electron chi connectivity index (χ2n) is 6.48. The van der Waals surface area contributed by atoms with Gasteiger partial charge in [0.1, 0.15) is 6.04 Å². The van der Waals surface area contributed by atoms with E-state index in [0.29, 0.717) is 5.56 Å². The standard InChI is InChI=1S/C18H17F3N4O2/c19-18(20,21)17-24-15(25-27-17)12-6-8-13(9-7-12)16(26)23-14(10-22)11-4-2-1-3-5-11/h6-9,11,14H,1-5H2,(H,23,26)/t14-/m1/s1. The lowest BCUT2D eigenvalue weighted by atomic mass is 9.84. The van der Waals surface area contributed by atoms with Gasteiger partial charge >= 0.3 is 12.1 Å². The number of rotatable bonds is 4. The smallest absolute Gasteiger partial charge is 0.336 e. The van der Waals surface area contributed by atoms with Crippen LogP contribution in [0.5, 0.6) is 0 Å². The lowest BCUT2D eigenvalue weighted by molar-refractivity contribution is -0.159. The van der Waals surface area contributed by atoms with Crippen LogP contribution in [0.2, 0.25) is 0 Å². The average Bonchev–Trinajstić information content (AvgIpc) is 3.17. The van der Waals surface area contributed by atoms with Gasteiger partial charge in [-0.3, -0.25) is 4.79 Å². The summed E-state index contributed by atoms with van der Waals surface area (Å²) in [5.74, 6) is -1.90. The van der Waals surface area contributed by atoms with E-state index in [4.69, 9.17) is 0 Å². The molecule has 0 unspecified atom stereocenters. The molecule has 0 radical (unpaired) electrons. The number of aromatic nitrogens is 2. The summed E-state index contributed by atoms with van der Waals surface area (Å²) in [5.41, 5.74) is 0.587. The van der Waals surface area contributed by atoms with Crippen molar-refractivity contribution in [2.75, 3.05) is 0 Å². The molecule has 1 aliphatic carbocycles. The van der Waals surface area contributed by atoms with Crippen LogP contribution in [0, 0.1) is 17.2 Å². The summed E-state index contributed by atoms with van der Waals surface area (Å²) >= 11 is 0. The Kier molecular flexibility index (Phi) is 5.44. The van der Waals surface area contributed by atoms with Crippen molar-refractivity contribution in [3.8, 4) is 17.5 Å². The zero-order valence-corrected chi connectivity index (χ0v) is 14.3. The number of hydrogen-bond donors (Lipinski definition) is 1. The molecule has 27 heavy (non-hydrogen) atoms. The van der Waals surface area contributed by atoms with Gasteiger partial charge in [0.05, 0.1) is 6.07 Å². The minimum absolute atomic E-state index is 0.145. The SMILES string of the molecule is N#C[C@@H](NC(=O)c1ccc(-c2noc(C(F)(F)F)n2)cc1)C1CCCCC1. The van der Waals surface area contributed by atoms with E-state index >= 15 is 0 Å². The van der Waals surface area contributed by atoms with Gasteiger partial charge in [0.2, 0.25) is 5.82 Å². The Morgan fingerprint density at radius 2 is 1.89 bits per heavy atom. The van der Waals surface area contributed by atoms with Gasteiger partial charge in [-0.2, -0.15) is 23.4 Å². The first-order valence-electron chi connectivity index (χ1n) is 8.60. The fourth-order valence-electron chi connectivity index (χ4n) is 3.17. The molecule has 9 heteroatoms. The molecule has 1 aliphatic rings. The van der Waals surface area contributed by atoms with E-state index in [0.717, 1.165) is 32.1 Å². The third-order valence-corrected chi connectivity index (χ3v) is 4.62. The van der Waals surface area contributed by atoms with Crippen LogP contribution in [0.1, 0.15) is 48.4 Å². The topological polar surface area (TPSA) is 91.8 Å². The van der Waals surface area contributed by atoms with E-state index in [-0.39, 0.29) is 17.3 Å². The number of benzene rings is 1. The third kappa shape index (κ3) is 4.45. The Bertz CT molecular complexity index is 834. The van der Waals surface area contributed by atoms with Crippen molar-refractivity contribution in [2.24, 2.45) is 5.92 Å². The van der Waals surface area contributed by atoms with Crippen LogP contribution in [0.4, 0.5) is 13.2 Å². The van der Waals surface area contributed by atoms with Crippen LogP contribution in [0.25, 0.3) is 11.4 Å². The lowest BCUT2D eigenvalue weighted by Gasteiger charge is -2.26. The van der Waals surface area contributed by atoms with Crippen molar-refractivity contribution in [1.29, 1.82) is 5.26 Å². The number of nitrogens with one attached hydrogen (secondary N) is 1. The number of nitrogens with zero attached hydrogens (tertiary/aromatic N) is 3. The van der Waals surface area contributed by atoms with Crippen molar-refractivity contribution >= 4 is 5.91 Å². The molecule has 1 saturated carbocycles. The summed E-state index contributed by atoms with van der Waals surface area (Å²) in [6.07, 6.45) is 0.371. The number of carbonyl (C=O) groups is 1. The van der Waals surface area contributed by atoms with Gasteiger partial charge in [-0.25, -0.2) is 0 Å². The maximum absolute atomic E-state index is 12.5. The number of amides is 1. The number of carbonyl (C=O) groups excluding carboxylic acids is 1. The molecule has 0 aliphatic heterocycles. The van der Waals surface area contributed by atoms with Gasteiger partial charge in [0.25, 0.3) is 5.91 Å². The van der Waals surface area contributed by atoms with Gasteiger partial charge < -0.3 is 9.84 Å². The van der Waals surface area contributed by atoms with Crippen LogP contribution in [-0.4, -0.2) is 22.1 Å². The van der Waals surface area contributed by atoms with E-state index in [2.05, 4.69) is 26.0 Å². The number of alkyl halides is 3. The lowest BCUT2D eigenvalue weighted by Crippen LogP contribution is -2.40. The van der Waals surface area contributed by atoms with Gasteiger partial charge in [-0.05, 0) is 30.9 Å². The summed E-state index contributed by atoms with van der Waals surface area (Å²) < 4.78 is 41.8. The average molecular weight is 378 g/mol. The molecule has 6 nitrogen and oxygen atoms in total. The fraction of sp³-hybridized carbons (Fsp3) is 0.444. The largest absolute Gasteiger partial charge is 0.471 e. The van der Waals surface area contributed by atoms with Crippen molar-refractivity contribution in [3.63, 3.8) is 0 Å². The summed E-state index contributed by atoms with van der Waals surface area (Å²) in [4.78, 5) is 15.7. The maximum atomic E-state index is 12.5. The monoisotopic (exact) mass is 378 g/mol. The zero-order chi connectivity index (χ0) is 19.4.